The van der Waals surface area contributed by atoms with E-state index in [1.165, 1.54) is 25.7 Å². The summed E-state index contributed by atoms with van der Waals surface area (Å²) in [6.07, 6.45) is 8.38. The second-order valence-electron chi connectivity index (χ2n) is 5.93. The summed E-state index contributed by atoms with van der Waals surface area (Å²) in [5, 5.41) is 11.9. The van der Waals surface area contributed by atoms with E-state index in [0.29, 0.717) is 0 Å². The van der Waals surface area contributed by atoms with Crippen molar-refractivity contribution in [1.29, 1.82) is 0 Å². The molecule has 1 aliphatic rings. The molecule has 0 spiro atoms. The van der Waals surface area contributed by atoms with Crippen molar-refractivity contribution in [3.8, 4) is 0 Å². The molecule has 0 aliphatic carbocycles. The number of hydroxylamine groups is 2. The van der Waals surface area contributed by atoms with Crippen molar-refractivity contribution < 1.29 is 5.21 Å². The molecule has 1 atom stereocenters. The van der Waals surface area contributed by atoms with Gasteiger partial charge in [-0.05, 0) is 46.5 Å². The van der Waals surface area contributed by atoms with Crippen LogP contribution in [0.2, 0.25) is 0 Å². The van der Waals surface area contributed by atoms with Gasteiger partial charge < -0.3 is 5.21 Å². The van der Waals surface area contributed by atoms with Gasteiger partial charge in [0.25, 0.3) is 0 Å². The van der Waals surface area contributed by atoms with Gasteiger partial charge in [-0.15, -0.1) is 0 Å². The van der Waals surface area contributed by atoms with Crippen LogP contribution in [0.15, 0.2) is 0 Å². The molecule has 1 rings (SSSR count). The molecular formula is C13H27NO. The lowest BCUT2D eigenvalue weighted by atomic mass is 9.78. The van der Waals surface area contributed by atoms with Crippen LogP contribution in [-0.4, -0.2) is 21.3 Å². The topological polar surface area (TPSA) is 23.5 Å². The molecule has 0 radical (unpaired) electrons. The monoisotopic (exact) mass is 213 g/mol. The Bertz CT molecular complexity index is 203. The number of hydrogen-bond acceptors (Lipinski definition) is 2. The lowest BCUT2D eigenvalue weighted by Crippen LogP contribution is -2.58. The minimum Gasteiger partial charge on any atom is -0.313 e. The lowest BCUT2D eigenvalue weighted by molar-refractivity contribution is -0.249. The van der Waals surface area contributed by atoms with Crippen LogP contribution in [0.3, 0.4) is 0 Å². The Kier molecular flexibility index (Phi) is 4.19. The normalized spacial score (nSPS) is 31.8. The fourth-order valence-electron chi connectivity index (χ4n) is 2.83. The predicted octanol–water partition coefficient (Wildman–Crippen LogP) is 3.98. The number of nitrogens with zero attached hydrogens (tertiary/aromatic N) is 1. The van der Waals surface area contributed by atoms with Crippen LogP contribution in [0.4, 0.5) is 0 Å². The van der Waals surface area contributed by atoms with Crippen LogP contribution in [0.25, 0.3) is 0 Å². The van der Waals surface area contributed by atoms with Crippen molar-refractivity contribution >= 4 is 0 Å². The van der Waals surface area contributed by atoms with Crippen molar-refractivity contribution in [2.24, 2.45) is 0 Å². The molecule has 1 fully saturated rings. The lowest BCUT2D eigenvalue weighted by Gasteiger charge is -2.50. The highest BCUT2D eigenvalue weighted by Gasteiger charge is 2.43. The van der Waals surface area contributed by atoms with E-state index in [4.69, 9.17) is 0 Å². The summed E-state index contributed by atoms with van der Waals surface area (Å²) in [4.78, 5) is 0. The molecule has 90 valence electrons. The van der Waals surface area contributed by atoms with E-state index in [0.717, 1.165) is 19.3 Å². The first-order chi connectivity index (χ1) is 6.92. The summed E-state index contributed by atoms with van der Waals surface area (Å²) in [7, 11) is 0. The number of unbranched alkanes of at least 4 members (excludes halogenated alkanes) is 2. The third-order valence-electron chi connectivity index (χ3n) is 3.91. The SMILES string of the molecule is CCCCCC1(C)CCCC(C)(C)N1O. The fraction of sp³-hybridized carbons (Fsp3) is 1.00. The summed E-state index contributed by atoms with van der Waals surface area (Å²) in [6, 6.07) is 0. The Hall–Kier alpha value is -0.0800. The second-order valence-corrected chi connectivity index (χ2v) is 5.93. The molecule has 0 bridgehead atoms. The van der Waals surface area contributed by atoms with E-state index in [9.17, 15) is 5.21 Å². The average Bonchev–Trinajstić information content (AvgIpc) is 2.15. The van der Waals surface area contributed by atoms with Crippen molar-refractivity contribution in [1.82, 2.24) is 5.06 Å². The van der Waals surface area contributed by atoms with Gasteiger partial charge in [-0.25, -0.2) is 0 Å². The van der Waals surface area contributed by atoms with Crippen LogP contribution in [0, 0.1) is 0 Å². The molecule has 15 heavy (non-hydrogen) atoms. The highest BCUT2D eigenvalue weighted by atomic mass is 16.5. The van der Waals surface area contributed by atoms with Gasteiger partial charge in [-0.1, -0.05) is 26.2 Å². The maximum atomic E-state index is 10.3. The highest BCUT2D eigenvalue weighted by molar-refractivity contribution is 4.94. The summed E-state index contributed by atoms with van der Waals surface area (Å²) in [6.45, 7) is 8.72. The van der Waals surface area contributed by atoms with Crippen LogP contribution < -0.4 is 0 Å². The smallest absolute Gasteiger partial charge is 0.0438 e. The van der Waals surface area contributed by atoms with Crippen molar-refractivity contribution in [3.05, 3.63) is 0 Å². The zero-order valence-electron chi connectivity index (χ0n) is 10.8. The molecule has 2 heteroatoms. The Balaban J connectivity index is 2.57. The minimum absolute atomic E-state index is 0.0108. The first-order valence-corrected chi connectivity index (χ1v) is 6.41. The third-order valence-corrected chi connectivity index (χ3v) is 3.91. The summed E-state index contributed by atoms with van der Waals surface area (Å²) < 4.78 is 0. The summed E-state index contributed by atoms with van der Waals surface area (Å²) in [5.74, 6) is 0. The minimum atomic E-state index is -0.0424. The Morgan fingerprint density at radius 2 is 1.80 bits per heavy atom. The molecular weight excluding hydrogens is 186 g/mol. The van der Waals surface area contributed by atoms with Crippen LogP contribution in [-0.2, 0) is 0 Å². The average molecular weight is 213 g/mol. The highest BCUT2D eigenvalue weighted by Crippen LogP contribution is 2.39. The van der Waals surface area contributed by atoms with E-state index < -0.39 is 0 Å². The molecule has 0 saturated carbocycles. The molecule has 1 saturated heterocycles. The molecule has 1 N–H and O–H groups in total. The Morgan fingerprint density at radius 1 is 1.13 bits per heavy atom. The first-order valence-electron chi connectivity index (χ1n) is 6.41. The molecule has 1 heterocycles. The second kappa shape index (κ2) is 4.84. The number of piperidine rings is 1. The maximum Gasteiger partial charge on any atom is 0.0438 e. The van der Waals surface area contributed by atoms with Gasteiger partial charge in [0.15, 0.2) is 0 Å². The van der Waals surface area contributed by atoms with Crippen LogP contribution in [0.5, 0.6) is 0 Å². The predicted molar refractivity (Wildman–Crippen MR) is 64.1 cm³/mol. The summed E-state index contributed by atoms with van der Waals surface area (Å²) >= 11 is 0. The molecule has 0 amide bonds. The maximum absolute atomic E-state index is 10.3. The van der Waals surface area contributed by atoms with Crippen LogP contribution >= 0.6 is 0 Å². The number of hydrogen-bond donors (Lipinski definition) is 1. The van der Waals surface area contributed by atoms with E-state index >= 15 is 0 Å². The van der Waals surface area contributed by atoms with E-state index in [1.54, 1.807) is 5.06 Å². The molecule has 0 aromatic carbocycles. The van der Waals surface area contributed by atoms with Gasteiger partial charge in [0.2, 0.25) is 0 Å². The third kappa shape index (κ3) is 2.94. The van der Waals surface area contributed by atoms with Gasteiger partial charge in [-0.2, -0.15) is 5.06 Å². The Morgan fingerprint density at radius 3 is 2.40 bits per heavy atom. The van der Waals surface area contributed by atoms with E-state index in [1.807, 2.05) is 0 Å². The van der Waals surface area contributed by atoms with Gasteiger partial charge in [0.05, 0.1) is 0 Å². The van der Waals surface area contributed by atoms with Crippen molar-refractivity contribution in [2.45, 2.75) is 83.7 Å². The standard InChI is InChI=1S/C13H27NO/c1-5-6-7-10-13(4)11-8-9-12(2,3)14(13)15/h15H,5-11H2,1-4H3. The fourth-order valence-corrected chi connectivity index (χ4v) is 2.83. The summed E-state index contributed by atoms with van der Waals surface area (Å²) in [5.41, 5.74) is -0.0316. The quantitative estimate of drug-likeness (QED) is 0.714. The van der Waals surface area contributed by atoms with Gasteiger partial charge in [-0.3, -0.25) is 0 Å². The molecule has 1 unspecified atom stereocenters. The number of rotatable bonds is 4. The molecule has 1 aliphatic heterocycles. The zero-order valence-corrected chi connectivity index (χ0v) is 10.8. The van der Waals surface area contributed by atoms with E-state index in [-0.39, 0.29) is 11.1 Å². The first kappa shape index (κ1) is 13.0. The van der Waals surface area contributed by atoms with Crippen molar-refractivity contribution in [3.63, 3.8) is 0 Å². The van der Waals surface area contributed by atoms with Crippen LogP contribution in [0.1, 0.15) is 72.6 Å². The van der Waals surface area contributed by atoms with Gasteiger partial charge >= 0.3 is 0 Å². The van der Waals surface area contributed by atoms with Gasteiger partial charge in [0.1, 0.15) is 0 Å². The Labute approximate surface area is 94.6 Å². The molecule has 2 nitrogen and oxygen atoms in total. The molecule has 0 aromatic heterocycles. The van der Waals surface area contributed by atoms with E-state index in [2.05, 4.69) is 27.7 Å². The zero-order chi connectivity index (χ0) is 11.5. The largest absolute Gasteiger partial charge is 0.313 e. The molecule has 0 aromatic rings. The van der Waals surface area contributed by atoms with Gasteiger partial charge in [0, 0.05) is 11.1 Å². The van der Waals surface area contributed by atoms with Crippen molar-refractivity contribution in [2.75, 3.05) is 0 Å².